The predicted octanol–water partition coefficient (Wildman–Crippen LogP) is 1.42. The molecular weight excluding hydrogens is 164 g/mol. The second-order valence-corrected chi connectivity index (χ2v) is 2.92. The molecule has 0 aliphatic rings. The molecule has 2 amide bonds. The van der Waals surface area contributed by atoms with Gasteiger partial charge in [-0.1, -0.05) is 29.8 Å². The van der Waals surface area contributed by atoms with Crippen molar-refractivity contribution >= 4 is 6.03 Å². The smallest absolute Gasteiger partial charge is 0.314 e. The molecular formula is C10H14N2O. The molecule has 0 aliphatic heterocycles. The third kappa shape index (κ3) is 3.15. The Morgan fingerprint density at radius 2 is 1.92 bits per heavy atom. The molecule has 1 aromatic rings. The van der Waals surface area contributed by atoms with E-state index < -0.39 is 0 Å². The van der Waals surface area contributed by atoms with Crippen LogP contribution in [0.25, 0.3) is 0 Å². The molecule has 3 nitrogen and oxygen atoms in total. The van der Waals surface area contributed by atoms with Crippen molar-refractivity contribution in [3.05, 3.63) is 35.4 Å². The summed E-state index contributed by atoms with van der Waals surface area (Å²) in [5, 5.41) is 5.21. The molecule has 1 aromatic carbocycles. The number of benzene rings is 1. The maximum atomic E-state index is 10.8. The Balaban J connectivity index is 2.46. The lowest BCUT2D eigenvalue weighted by Gasteiger charge is -2.04. The first-order valence-corrected chi connectivity index (χ1v) is 4.23. The van der Waals surface area contributed by atoms with Crippen molar-refractivity contribution in [1.82, 2.24) is 10.6 Å². The maximum absolute atomic E-state index is 10.8. The van der Waals surface area contributed by atoms with Gasteiger partial charge in [0.05, 0.1) is 0 Å². The van der Waals surface area contributed by atoms with Gasteiger partial charge in [-0.15, -0.1) is 0 Å². The Kier molecular flexibility index (Phi) is 3.31. The molecule has 0 spiro atoms. The number of rotatable bonds is 2. The van der Waals surface area contributed by atoms with Crippen LogP contribution in [0, 0.1) is 6.92 Å². The summed E-state index contributed by atoms with van der Waals surface area (Å²) in [4.78, 5) is 10.8. The van der Waals surface area contributed by atoms with E-state index in [1.54, 1.807) is 7.05 Å². The summed E-state index contributed by atoms with van der Waals surface area (Å²) in [6.07, 6.45) is 0. The summed E-state index contributed by atoms with van der Waals surface area (Å²) in [7, 11) is 1.60. The van der Waals surface area contributed by atoms with Gasteiger partial charge in [-0.25, -0.2) is 4.79 Å². The normalized spacial score (nSPS) is 9.38. The van der Waals surface area contributed by atoms with Gasteiger partial charge < -0.3 is 10.6 Å². The quantitative estimate of drug-likeness (QED) is 0.706. The van der Waals surface area contributed by atoms with E-state index in [2.05, 4.69) is 10.6 Å². The van der Waals surface area contributed by atoms with E-state index in [0.717, 1.165) is 5.56 Å². The van der Waals surface area contributed by atoms with Crippen molar-refractivity contribution in [2.24, 2.45) is 0 Å². The lowest BCUT2D eigenvalue weighted by atomic mass is 10.1. The average Bonchev–Trinajstić information content (AvgIpc) is 2.16. The topological polar surface area (TPSA) is 41.1 Å². The van der Waals surface area contributed by atoms with Crippen molar-refractivity contribution in [3.63, 3.8) is 0 Å². The summed E-state index contributed by atoms with van der Waals surface area (Å²) in [6, 6.07) is 7.92. The van der Waals surface area contributed by atoms with Gasteiger partial charge in [0.1, 0.15) is 0 Å². The highest BCUT2D eigenvalue weighted by molar-refractivity contribution is 5.73. The molecule has 0 radical (unpaired) electrons. The molecule has 0 saturated heterocycles. The third-order valence-corrected chi connectivity index (χ3v) is 1.80. The number of hydrogen-bond acceptors (Lipinski definition) is 1. The van der Waals surface area contributed by atoms with E-state index in [0.29, 0.717) is 6.54 Å². The molecule has 1 rings (SSSR count). The Morgan fingerprint density at radius 1 is 1.31 bits per heavy atom. The second kappa shape index (κ2) is 4.50. The Morgan fingerprint density at radius 3 is 2.46 bits per heavy atom. The van der Waals surface area contributed by atoms with Gasteiger partial charge in [0.15, 0.2) is 0 Å². The van der Waals surface area contributed by atoms with Gasteiger partial charge in [-0.3, -0.25) is 0 Å². The van der Waals surface area contributed by atoms with Crippen LogP contribution in [0.1, 0.15) is 11.1 Å². The van der Waals surface area contributed by atoms with Crippen LogP contribution in [-0.2, 0) is 6.54 Å². The highest BCUT2D eigenvalue weighted by atomic mass is 16.2. The highest BCUT2D eigenvalue weighted by Gasteiger charge is 1.95. The summed E-state index contributed by atoms with van der Waals surface area (Å²) < 4.78 is 0. The minimum atomic E-state index is -0.152. The Hall–Kier alpha value is -1.51. The van der Waals surface area contributed by atoms with Gasteiger partial charge in [0, 0.05) is 13.6 Å². The molecule has 0 atom stereocenters. The van der Waals surface area contributed by atoms with Crippen LogP contribution >= 0.6 is 0 Å². The zero-order valence-electron chi connectivity index (χ0n) is 7.92. The van der Waals surface area contributed by atoms with Crippen molar-refractivity contribution in [3.8, 4) is 0 Å². The SMILES string of the molecule is CNC(=O)NCc1ccc(C)cc1. The number of amides is 2. The number of carbonyl (C=O) groups is 1. The zero-order valence-corrected chi connectivity index (χ0v) is 7.92. The van der Waals surface area contributed by atoms with Crippen LogP contribution < -0.4 is 10.6 Å². The first-order chi connectivity index (χ1) is 6.22. The van der Waals surface area contributed by atoms with Gasteiger partial charge in [0.25, 0.3) is 0 Å². The van der Waals surface area contributed by atoms with Crippen LogP contribution in [0.15, 0.2) is 24.3 Å². The average molecular weight is 178 g/mol. The number of urea groups is 1. The molecule has 0 aliphatic carbocycles. The van der Waals surface area contributed by atoms with E-state index >= 15 is 0 Å². The van der Waals surface area contributed by atoms with Crippen molar-refractivity contribution in [2.75, 3.05) is 7.05 Å². The van der Waals surface area contributed by atoms with Crippen LogP contribution in [0.5, 0.6) is 0 Å². The largest absolute Gasteiger partial charge is 0.341 e. The lowest BCUT2D eigenvalue weighted by molar-refractivity contribution is 0.242. The number of hydrogen-bond donors (Lipinski definition) is 2. The fraction of sp³-hybridized carbons (Fsp3) is 0.300. The molecule has 0 aromatic heterocycles. The van der Waals surface area contributed by atoms with Gasteiger partial charge >= 0.3 is 6.03 Å². The first-order valence-electron chi connectivity index (χ1n) is 4.23. The van der Waals surface area contributed by atoms with Crippen LogP contribution in [0.4, 0.5) is 4.79 Å². The molecule has 0 bridgehead atoms. The van der Waals surface area contributed by atoms with Crippen LogP contribution in [0.2, 0.25) is 0 Å². The standard InChI is InChI=1S/C10H14N2O/c1-8-3-5-9(6-4-8)7-12-10(13)11-2/h3-6H,7H2,1-2H3,(H2,11,12,13). The number of carbonyl (C=O) groups excluding carboxylic acids is 1. The Bertz CT molecular complexity index is 279. The van der Waals surface area contributed by atoms with Gasteiger partial charge in [-0.2, -0.15) is 0 Å². The molecule has 0 saturated carbocycles. The molecule has 0 fully saturated rings. The summed E-state index contributed by atoms with van der Waals surface area (Å²) >= 11 is 0. The molecule has 2 N–H and O–H groups in total. The van der Waals surface area contributed by atoms with E-state index in [9.17, 15) is 4.79 Å². The van der Waals surface area contributed by atoms with Gasteiger partial charge in [-0.05, 0) is 12.5 Å². The van der Waals surface area contributed by atoms with E-state index in [-0.39, 0.29) is 6.03 Å². The molecule has 3 heteroatoms. The summed E-state index contributed by atoms with van der Waals surface area (Å²) in [6.45, 7) is 2.61. The van der Waals surface area contributed by atoms with Crippen molar-refractivity contribution in [2.45, 2.75) is 13.5 Å². The first kappa shape index (κ1) is 9.58. The highest BCUT2D eigenvalue weighted by Crippen LogP contribution is 2.01. The van der Waals surface area contributed by atoms with E-state index in [1.807, 2.05) is 31.2 Å². The van der Waals surface area contributed by atoms with E-state index in [4.69, 9.17) is 0 Å². The zero-order chi connectivity index (χ0) is 9.68. The fourth-order valence-corrected chi connectivity index (χ4v) is 0.977. The minimum absolute atomic E-state index is 0.152. The summed E-state index contributed by atoms with van der Waals surface area (Å²) in [5.41, 5.74) is 2.33. The molecule has 13 heavy (non-hydrogen) atoms. The maximum Gasteiger partial charge on any atom is 0.314 e. The molecule has 0 heterocycles. The Labute approximate surface area is 78.2 Å². The minimum Gasteiger partial charge on any atom is -0.341 e. The lowest BCUT2D eigenvalue weighted by Crippen LogP contribution is -2.32. The van der Waals surface area contributed by atoms with E-state index in [1.165, 1.54) is 5.56 Å². The fourth-order valence-electron chi connectivity index (χ4n) is 0.977. The monoisotopic (exact) mass is 178 g/mol. The molecule has 70 valence electrons. The van der Waals surface area contributed by atoms with Crippen molar-refractivity contribution < 1.29 is 4.79 Å². The van der Waals surface area contributed by atoms with Crippen molar-refractivity contribution in [1.29, 1.82) is 0 Å². The summed E-state index contributed by atoms with van der Waals surface area (Å²) in [5.74, 6) is 0. The number of aryl methyl sites for hydroxylation is 1. The predicted molar refractivity (Wildman–Crippen MR) is 52.5 cm³/mol. The number of nitrogens with one attached hydrogen (secondary N) is 2. The van der Waals surface area contributed by atoms with Crippen LogP contribution in [-0.4, -0.2) is 13.1 Å². The van der Waals surface area contributed by atoms with Gasteiger partial charge in [0.2, 0.25) is 0 Å². The van der Waals surface area contributed by atoms with Crippen LogP contribution in [0.3, 0.4) is 0 Å². The molecule has 0 unspecified atom stereocenters. The second-order valence-electron chi connectivity index (χ2n) is 2.92. The third-order valence-electron chi connectivity index (χ3n) is 1.80.